The zero-order valence-corrected chi connectivity index (χ0v) is 9.83. The average molecular weight is 220 g/mol. The number of piperidine rings is 1. The summed E-state index contributed by atoms with van der Waals surface area (Å²) in [6.07, 6.45) is 2.21. The number of ether oxygens (including phenoxy) is 1. The lowest BCUT2D eigenvalue weighted by molar-refractivity contribution is 0.124. The molecule has 0 unspecified atom stereocenters. The second-order valence-electron chi connectivity index (χ2n) is 4.45. The maximum absolute atomic E-state index is 5.37. The first-order valence-electron chi connectivity index (χ1n) is 5.88. The average Bonchev–Trinajstić information content (AvgIpc) is 2.31. The zero-order chi connectivity index (χ0) is 11.3. The minimum absolute atomic E-state index is 0.0986. The van der Waals surface area contributed by atoms with Crippen LogP contribution in [0.3, 0.4) is 0 Å². The molecule has 1 saturated heterocycles. The Kier molecular flexibility index (Phi) is 3.80. The summed E-state index contributed by atoms with van der Waals surface area (Å²) in [6, 6.07) is 10.4. The Labute approximate surface area is 97.2 Å². The first-order valence-corrected chi connectivity index (χ1v) is 5.88. The van der Waals surface area contributed by atoms with E-state index in [2.05, 4.69) is 34.9 Å². The summed E-state index contributed by atoms with van der Waals surface area (Å²) in [7, 11) is 1.77. The van der Waals surface area contributed by atoms with E-state index in [1.54, 1.807) is 7.11 Å². The molecule has 1 aliphatic heterocycles. The Bertz CT molecular complexity index is 301. The van der Waals surface area contributed by atoms with Crippen molar-refractivity contribution >= 4 is 5.69 Å². The standard InChI is InChI=1S/C13H20N2O/c1-16-11-13(7-9-14-10-8-13)15-12-5-3-2-4-6-12/h2-6,14-15H,7-11H2,1H3. The van der Waals surface area contributed by atoms with Crippen LogP contribution < -0.4 is 10.6 Å². The molecule has 0 aromatic heterocycles. The Morgan fingerprint density at radius 3 is 2.56 bits per heavy atom. The minimum atomic E-state index is 0.0986. The van der Waals surface area contributed by atoms with Gasteiger partial charge in [-0.1, -0.05) is 18.2 Å². The van der Waals surface area contributed by atoms with Gasteiger partial charge in [0.15, 0.2) is 0 Å². The number of hydrogen-bond donors (Lipinski definition) is 2. The summed E-state index contributed by atoms with van der Waals surface area (Å²) in [6.45, 7) is 2.88. The summed E-state index contributed by atoms with van der Waals surface area (Å²) in [5.41, 5.74) is 1.28. The fraction of sp³-hybridized carbons (Fsp3) is 0.538. The largest absolute Gasteiger partial charge is 0.382 e. The third-order valence-corrected chi connectivity index (χ3v) is 3.16. The van der Waals surface area contributed by atoms with Gasteiger partial charge in [-0.05, 0) is 38.1 Å². The number of anilines is 1. The van der Waals surface area contributed by atoms with Crippen molar-refractivity contribution in [1.29, 1.82) is 0 Å². The Balaban J connectivity index is 2.07. The lowest BCUT2D eigenvalue weighted by Gasteiger charge is -2.38. The number of rotatable bonds is 4. The zero-order valence-electron chi connectivity index (χ0n) is 9.83. The highest BCUT2D eigenvalue weighted by Gasteiger charge is 2.31. The van der Waals surface area contributed by atoms with Crippen molar-refractivity contribution in [1.82, 2.24) is 5.32 Å². The molecule has 1 aromatic rings. The van der Waals surface area contributed by atoms with Crippen molar-refractivity contribution in [3.05, 3.63) is 30.3 Å². The molecule has 1 aliphatic rings. The predicted octanol–water partition coefficient (Wildman–Crippen LogP) is 1.87. The van der Waals surface area contributed by atoms with Gasteiger partial charge in [-0.2, -0.15) is 0 Å². The lowest BCUT2D eigenvalue weighted by atomic mass is 9.89. The molecule has 1 heterocycles. The van der Waals surface area contributed by atoms with Crippen LogP contribution in [0.1, 0.15) is 12.8 Å². The second kappa shape index (κ2) is 5.32. The molecule has 16 heavy (non-hydrogen) atoms. The van der Waals surface area contributed by atoms with Crippen LogP contribution in [-0.2, 0) is 4.74 Å². The number of nitrogens with one attached hydrogen (secondary N) is 2. The minimum Gasteiger partial charge on any atom is -0.382 e. The van der Waals surface area contributed by atoms with Crippen LogP contribution in [0.2, 0.25) is 0 Å². The SMILES string of the molecule is COCC1(Nc2ccccc2)CCNCC1. The van der Waals surface area contributed by atoms with Gasteiger partial charge in [0.2, 0.25) is 0 Å². The predicted molar refractivity (Wildman–Crippen MR) is 66.8 cm³/mol. The van der Waals surface area contributed by atoms with Crippen molar-refractivity contribution in [2.24, 2.45) is 0 Å². The van der Waals surface area contributed by atoms with Crippen molar-refractivity contribution in [3.8, 4) is 0 Å². The van der Waals surface area contributed by atoms with E-state index >= 15 is 0 Å². The second-order valence-corrected chi connectivity index (χ2v) is 4.45. The van der Waals surface area contributed by atoms with Crippen LogP contribution in [0.15, 0.2) is 30.3 Å². The summed E-state index contributed by atoms with van der Waals surface area (Å²) in [5, 5.41) is 7.02. The molecule has 0 atom stereocenters. The molecule has 0 radical (unpaired) electrons. The summed E-state index contributed by atoms with van der Waals surface area (Å²) >= 11 is 0. The third kappa shape index (κ3) is 2.74. The summed E-state index contributed by atoms with van der Waals surface area (Å²) in [5.74, 6) is 0. The third-order valence-electron chi connectivity index (χ3n) is 3.16. The van der Waals surface area contributed by atoms with Gasteiger partial charge < -0.3 is 15.4 Å². The highest BCUT2D eigenvalue weighted by atomic mass is 16.5. The fourth-order valence-electron chi connectivity index (χ4n) is 2.31. The molecule has 0 amide bonds. The van der Waals surface area contributed by atoms with Gasteiger partial charge in [-0.15, -0.1) is 0 Å². The van der Waals surface area contributed by atoms with Crippen LogP contribution >= 0.6 is 0 Å². The molecular formula is C13H20N2O. The number of methoxy groups -OCH3 is 1. The Morgan fingerprint density at radius 1 is 1.25 bits per heavy atom. The molecule has 2 N–H and O–H groups in total. The smallest absolute Gasteiger partial charge is 0.0693 e. The highest BCUT2D eigenvalue weighted by molar-refractivity contribution is 5.45. The van der Waals surface area contributed by atoms with Crippen LogP contribution in [0.25, 0.3) is 0 Å². The van der Waals surface area contributed by atoms with Crippen LogP contribution in [0.5, 0.6) is 0 Å². The van der Waals surface area contributed by atoms with Gasteiger partial charge in [0.1, 0.15) is 0 Å². The summed E-state index contributed by atoms with van der Waals surface area (Å²) in [4.78, 5) is 0. The topological polar surface area (TPSA) is 33.3 Å². The fourth-order valence-corrected chi connectivity index (χ4v) is 2.31. The van der Waals surface area contributed by atoms with E-state index in [1.165, 1.54) is 5.69 Å². The van der Waals surface area contributed by atoms with Crippen molar-refractivity contribution in [3.63, 3.8) is 0 Å². The summed E-state index contributed by atoms with van der Waals surface area (Å²) < 4.78 is 5.37. The molecule has 3 heteroatoms. The molecule has 0 bridgehead atoms. The van der Waals surface area contributed by atoms with Crippen molar-refractivity contribution in [2.75, 3.05) is 32.1 Å². The lowest BCUT2D eigenvalue weighted by Crippen LogP contribution is -2.50. The molecule has 2 rings (SSSR count). The van der Waals surface area contributed by atoms with Gasteiger partial charge in [0.05, 0.1) is 12.1 Å². The van der Waals surface area contributed by atoms with Crippen LogP contribution in [0, 0.1) is 0 Å². The van der Waals surface area contributed by atoms with E-state index in [1.807, 2.05) is 6.07 Å². The van der Waals surface area contributed by atoms with Gasteiger partial charge >= 0.3 is 0 Å². The van der Waals surface area contributed by atoms with Crippen molar-refractivity contribution < 1.29 is 4.74 Å². The number of benzene rings is 1. The Hall–Kier alpha value is -1.06. The molecule has 88 valence electrons. The normalized spacial score (nSPS) is 19.3. The van der Waals surface area contributed by atoms with Gasteiger partial charge in [-0.25, -0.2) is 0 Å². The van der Waals surface area contributed by atoms with E-state index in [0.717, 1.165) is 32.5 Å². The van der Waals surface area contributed by atoms with Crippen LogP contribution in [-0.4, -0.2) is 32.3 Å². The van der Waals surface area contributed by atoms with E-state index < -0.39 is 0 Å². The molecule has 1 aromatic carbocycles. The highest BCUT2D eigenvalue weighted by Crippen LogP contribution is 2.24. The molecular weight excluding hydrogens is 200 g/mol. The number of hydrogen-bond acceptors (Lipinski definition) is 3. The first-order chi connectivity index (χ1) is 7.85. The van der Waals surface area contributed by atoms with Gasteiger partial charge in [0, 0.05) is 12.8 Å². The first kappa shape index (κ1) is 11.4. The molecule has 0 spiro atoms. The maximum atomic E-state index is 5.37. The molecule has 3 nitrogen and oxygen atoms in total. The van der Waals surface area contributed by atoms with Crippen molar-refractivity contribution in [2.45, 2.75) is 18.4 Å². The monoisotopic (exact) mass is 220 g/mol. The maximum Gasteiger partial charge on any atom is 0.0693 e. The molecule has 1 fully saturated rings. The quantitative estimate of drug-likeness (QED) is 0.812. The van der Waals surface area contributed by atoms with Gasteiger partial charge in [0.25, 0.3) is 0 Å². The van der Waals surface area contributed by atoms with E-state index in [4.69, 9.17) is 4.74 Å². The van der Waals surface area contributed by atoms with Gasteiger partial charge in [-0.3, -0.25) is 0 Å². The van der Waals surface area contributed by atoms with E-state index in [9.17, 15) is 0 Å². The van der Waals surface area contributed by atoms with E-state index in [-0.39, 0.29) is 5.54 Å². The molecule has 0 aliphatic carbocycles. The molecule has 0 saturated carbocycles. The van der Waals surface area contributed by atoms with Crippen LogP contribution in [0.4, 0.5) is 5.69 Å². The number of para-hydroxylation sites is 1. The Morgan fingerprint density at radius 2 is 1.94 bits per heavy atom. The van der Waals surface area contributed by atoms with E-state index in [0.29, 0.717) is 0 Å².